The number of nitrogens with two attached hydrogens (primary N) is 1. The highest BCUT2D eigenvalue weighted by Gasteiger charge is 2.20. The summed E-state index contributed by atoms with van der Waals surface area (Å²) in [5.74, 6) is -0.566. The summed E-state index contributed by atoms with van der Waals surface area (Å²) < 4.78 is 2.84. The van der Waals surface area contributed by atoms with Gasteiger partial charge in [0.25, 0.3) is 5.91 Å². The highest BCUT2D eigenvalue weighted by molar-refractivity contribution is 7.20. The third-order valence-corrected chi connectivity index (χ3v) is 4.85. The van der Waals surface area contributed by atoms with Crippen molar-refractivity contribution in [2.45, 2.75) is 26.3 Å². The second-order valence-electron chi connectivity index (χ2n) is 6.33. The van der Waals surface area contributed by atoms with E-state index in [0.29, 0.717) is 12.0 Å². The van der Waals surface area contributed by atoms with Crippen LogP contribution < -0.4 is 11.1 Å². The topological polar surface area (TPSA) is 90.0 Å². The van der Waals surface area contributed by atoms with Crippen LogP contribution in [0, 0.1) is 5.92 Å². The number of benzene rings is 1. The van der Waals surface area contributed by atoms with E-state index < -0.39 is 11.9 Å². The number of carbonyl (C=O) groups is 2. The molecule has 0 spiro atoms. The predicted octanol–water partition coefficient (Wildman–Crippen LogP) is 2.72. The van der Waals surface area contributed by atoms with Crippen molar-refractivity contribution in [1.82, 2.24) is 14.9 Å². The van der Waals surface area contributed by atoms with Gasteiger partial charge in [-0.05, 0) is 42.7 Å². The number of nitrogens with one attached hydrogen (secondary N) is 1. The molecule has 25 heavy (non-hydrogen) atoms. The minimum Gasteiger partial charge on any atom is -0.368 e. The van der Waals surface area contributed by atoms with Crippen LogP contribution >= 0.6 is 11.3 Å². The number of hydrogen-bond donors (Lipinski definition) is 2. The minimum atomic E-state index is -0.667. The molecule has 2 amide bonds. The Kier molecular flexibility index (Phi) is 4.85. The van der Waals surface area contributed by atoms with Gasteiger partial charge in [-0.1, -0.05) is 25.2 Å². The largest absolute Gasteiger partial charge is 0.368 e. The van der Waals surface area contributed by atoms with E-state index in [2.05, 4.69) is 10.3 Å². The van der Waals surface area contributed by atoms with Crippen LogP contribution in [-0.2, 0) is 4.79 Å². The molecular formula is C18H20N4O2S. The first kappa shape index (κ1) is 17.2. The molecule has 0 fully saturated rings. The molecule has 0 saturated heterocycles. The molecule has 1 unspecified atom stereocenters. The number of amides is 2. The van der Waals surface area contributed by atoms with Gasteiger partial charge in [0.2, 0.25) is 5.91 Å². The molecule has 130 valence electrons. The number of aromatic nitrogens is 2. The third kappa shape index (κ3) is 3.88. The van der Waals surface area contributed by atoms with Crippen molar-refractivity contribution in [3.8, 4) is 5.13 Å². The number of carbonyl (C=O) groups excluding carboxylic acids is 2. The number of rotatable bonds is 6. The van der Waals surface area contributed by atoms with Crippen molar-refractivity contribution in [2.24, 2.45) is 11.7 Å². The minimum absolute atomic E-state index is 0.255. The summed E-state index contributed by atoms with van der Waals surface area (Å²) in [6.45, 7) is 3.96. The van der Waals surface area contributed by atoms with Crippen LogP contribution in [0.3, 0.4) is 0 Å². The van der Waals surface area contributed by atoms with Gasteiger partial charge in [-0.25, -0.2) is 4.98 Å². The van der Waals surface area contributed by atoms with Crippen molar-refractivity contribution in [3.05, 3.63) is 48.3 Å². The molecule has 0 radical (unpaired) electrons. The molecule has 3 rings (SSSR count). The van der Waals surface area contributed by atoms with Crippen LogP contribution in [-0.4, -0.2) is 27.4 Å². The van der Waals surface area contributed by atoms with E-state index in [9.17, 15) is 9.59 Å². The van der Waals surface area contributed by atoms with E-state index in [1.807, 2.05) is 49.0 Å². The normalized spacial score (nSPS) is 12.4. The smallest absolute Gasteiger partial charge is 0.251 e. The Morgan fingerprint density at radius 3 is 2.64 bits per heavy atom. The average molecular weight is 356 g/mol. The fraction of sp³-hybridized carbons (Fsp3) is 0.278. The summed E-state index contributed by atoms with van der Waals surface area (Å²) in [6, 6.07) is 8.52. The maximum absolute atomic E-state index is 12.5. The molecule has 0 saturated carbocycles. The van der Waals surface area contributed by atoms with Gasteiger partial charge in [-0.3, -0.25) is 9.59 Å². The van der Waals surface area contributed by atoms with E-state index in [0.717, 1.165) is 15.3 Å². The molecule has 2 heterocycles. The standard InChI is InChI=1S/C18H20N4O2S/c1-11(2)9-14(16(19)23)20-17(24)12-5-6-13-15(10-12)25-18(21-13)22-7-3-4-8-22/h3-8,10-11,14H,9H2,1-2H3,(H2,19,23)(H,20,24). The van der Waals surface area contributed by atoms with E-state index in [1.165, 1.54) is 11.3 Å². The lowest BCUT2D eigenvalue weighted by atomic mass is 10.0. The molecule has 0 bridgehead atoms. The highest BCUT2D eigenvalue weighted by Crippen LogP contribution is 2.26. The first-order valence-corrected chi connectivity index (χ1v) is 8.90. The third-order valence-electron chi connectivity index (χ3n) is 3.82. The van der Waals surface area contributed by atoms with Crippen molar-refractivity contribution < 1.29 is 9.59 Å². The number of hydrogen-bond acceptors (Lipinski definition) is 4. The molecule has 7 heteroatoms. The average Bonchev–Trinajstić information content (AvgIpc) is 3.21. The molecule has 3 N–H and O–H groups in total. The molecule has 0 aliphatic heterocycles. The fourth-order valence-corrected chi connectivity index (χ4v) is 3.56. The van der Waals surface area contributed by atoms with E-state index in [1.54, 1.807) is 12.1 Å². The zero-order valence-corrected chi connectivity index (χ0v) is 14.9. The maximum Gasteiger partial charge on any atom is 0.251 e. The zero-order chi connectivity index (χ0) is 18.0. The van der Waals surface area contributed by atoms with Crippen LogP contribution in [0.4, 0.5) is 0 Å². The zero-order valence-electron chi connectivity index (χ0n) is 14.1. The Balaban J connectivity index is 1.83. The first-order chi connectivity index (χ1) is 11.9. The van der Waals surface area contributed by atoms with Crippen molar-refractivity contribution >= 4 is 33.4 Å². The van der Waals surface area contributed by atoms with Gasteiger partial charge in [0.15, 0.2) is 5.13 Å². The molecule has 0 aliphatic rings. The van der Waals surface area contributed by atoms with Crippen molar-refractivity contribution in [3.63, 3.8) is 0 Å². The lowest BCUT2D eigenvalue weighted by Gasteiger charge is -2.17. The number of thiazole rings is 1. The van der Waals surface area contributed by atoms with E-state index in [4.69, 9.17) is 5.73 Å². The predicted molar refractivity (Wildman–Crippen MR) is 98.9 cm³/mol. The summed E-state index contributed by atoms with van der Waals surface area (Å²) >= 11 is 1.50. The summed E-state index contributed by atoms with van der Waals surface area (Å²) in [6.07, 6.45) is 4.37. The Morgan fingerprint density at radius 1 is 1.28 bits per heavy atom. The first-order valence-electron chi connectivity index (χ1n) is 8.08. The summed E-state index contributed by atoms with van der Waals surface area (Å²) in [4.78, 5) is 28.6. The lowest BCUT2D eigenvalue weighted by Crippen LogP contribution is -2.45. The molecule has 1 aromatic carbocycles. The van der Waals surface area contributed by atoms with Gasteiger partial charge in [0.1, 0.15) is 6.04 Å². The number of nitrogens with zero attached hydrogens (tertiary/aromatic N) is 2. The summed E-state index contributed by atoms with van der Waals surface area (Å²) in [5.41, 5.74) is 6.72. The van der Waals surface area contributed by atoms with Crippen molar-refractivity contribution in [1.29, 1.82) is 0 Å². The van der Waals surface area contributed by atoms with Gasteiger partial charge < -0.3 is 15.6 Å². The second kappa shape index (κ2) is 7.06. The van der Waals surface area contributed by atoms with Crippen LogP contribution in [0.2, 0.25) is 0 Å². The molecular weight excluding hydrogens is 336 g/mol. The highest BCUT2D eigenvalue weighted by atomic mass is 32.1. The van der Waals surface area contributed by atoms with Crippen LogP contribution in [0.1, 0.15) is 30.6 Å². The Hall–Kier alpha value is -2.67. The summed E-state index contributed by atoms with van der Waals surface area (Å²) in [5, 5.41) is 3.57. The van der Waals surface area contributed by atoms with Gasteiger partial charge >= 0.3 is 0 Å². The molecule has 3 aromatic rings. The molecule has 6 nitrogen and oxygen atoms in total. The quantitative estimate of drug-likeness (QED) is 0.711. The maximum atomic E-state index is 12.5. The van der Waals surface area contributed by atoms with Crippen molar-refractivity contribution in [2.75, 3.05) is 0 Å². The van der Waals surface area contributed by atoms with Crippen LogP contribution in [0.25, 0.3) is 15.3 Å². The SMILES string of the molecule is CC(C)CC(NC(=O)c1ccc2nc(-n3cccc3)sc2c1)C(N)=O. The van der Waals surface area contributed by atoms with Crippen LogP contribution in [0.5, 0.6) is 0 Å². The monoisotopic (exact) mass is 356 g/mol. The second-order valence-corrected chi connectivity index (χ2v) is 7.34. The Bertz CT molecular complexity index is 899. The van der Waals surface area contributed by atoms with E-state index >= 15 is 0 Å². The number of primary amides is 1. The van der Waals surface area contributed by atoms with E-state index in [-0.39, 0.29) is 11.8 Å². The summed E-state index contributed by atoms with van der Waals surface area (Å²) in [7, 11) is 0. The molecule has 0 aliphatic carbocycles. The van der Waals surface area contributed by atoms with Gasteiger partial charge in [-0.15, -0.1) is 0 Å². The van der Waals surface area contributed by atoms with Gasteiger partial charge in [-0.2, -0.15) is 0 Å². The Labute approximate surface area is 149 Å². The molecule has 1 atom stereocenters. The lowest BCUT2D eigenvalue weighted by molar-refractivity contribution is -0.120. The fourth-order valence-electron chi connectivity index (χ4n) is 2.59. The van der Waals surface area contributed by atoms with Gasteiger partial charge in [0, 0.05) is 18.0 Å². The van der Waals surface area contributed by atoms with Gasteiger partial charge in [0.05, 0.1) is 10.2 Å². The Morgan fingerprint density at radius 2 is 2.00 bits per heavy atom. The number of fused-ring (bicyclic) bond motifs is 1. The molecule has 2 aromatic heterocycles. The van der Waals surface area contributed by atoms with Crippen LogP contribution in [0.15, 0.2) is 42.7 Å².